The number of thiophene rings is 1. The second-order valence-electron chi connectivity index (χ2n) is 8.37. The normalized spacial score (nSPS) is 21.6. The smallest absolute Gasteiger partial charge is 0.415 e. The molecule has 2 fully saturated rings. The lowest BCUT2D eigenvalue weighted by molar-refractivity contribution is -0.135. The topological polar surface area (TPSA) is 96.5 Å². The Bertz CT molecular complexity index is 1180. The maximum Gasteiger partial charge on any atom is 0.415 e. The Morgan fingerprint density at radius 3 is 2.71 bits per heavy atom. The Morgan fingerprint density at radius 1 is 1.18 bits per heavy atom. The third kappa shape index (κ3) is 4.12. The van der Waals surface area contributed by atoms with E-state index in [0.29, 0.717) is 45.8 Å². The van der Waals surface area contributed by atoms with E-state index in [1.807, 2.05) is 0 Å². The number of hydrogen-bond donors (Lipinski definition) is 0. The highest BCUT2D eigenvalue weighted by atomic mass is 35.5. The molecule has 0 aliphatic carbocycles. The van der Waals surface area contributed by atoms with Crippen LogP contribution < -0.4 is 14.5 Å². The van der Waals surface area contributed by atoms with Crippen molar-refractivity contribution >= 4 is 58.0 Å². The van der Waals surface area contributed by atoms with Gasteiger partial charge in [0.05, 0.1) is 14.9 Å². The molecular formula is C23H22ClN3O6S. The van der Waals surface area contributed by atoms with Crippen LogP contribution in [0.1, 0.15) is 29.4 Å². The van der Waals surface area contributed by atoms with Crippen LogP contribution in [-0.4, -0.2) is 67.0 Å². The number of carbonyl (C=O) groups is 4. The van der Waals surface area contributed by atoms with Crippen molar-refractivity contribution in [3.05, 3.63) is 39.5 Å². The summed E-state index contributed by atoms with van der Waals surface area (Å²) in [4.78, 5) is 54.5. The monoisotopic (exact) mass is 503 g/mol. The number of carbonyl (C=O) groups excluding carboxylic acids is 4. The molecule has 0 spiro atoms. The van der Waals surface area contributed by atoms with Crippen molar-refractivity contribution in [1.29, 1.82) is 0 Å². The molecule has 2 aromatic rings. The van der Waals surface area contributed by atoms with Gasteiger partial charge in [-0.1, -0.05) is 11.6 Å². The van der Waals surface area contributed by atoms with Gasteiger partial charge in [0.15, 0.2) is 5.78 Å². The molecule has 3 aliphatic rings. The molecule has 3 amide bonds. The van der Waals surface area contributed by atoms with Crippen molar-refractivity contribution in [2.24, 2.45) is 0 Å². The van der Waals surface area contributed by atoms with E-state index < -0.39 is 12.2 Å². The maximum atomic E-state index is 12.7. The number of Topliss-reactive ketones (excluding diaryl/α,β-unsaturated/α-hetero) is 1. The zero-order chi connectivity index (χ0) is 24.0. The third-order valence-electron chi connectivity index (χ3n) is 6.30. The van der Waals surface area contributed by atoms with Gasteiger partial charge in [-0.15, -0.1) is 11.3 Å². The second kappa shape index (κ2) is 8.92. The number of amides is 3. The SMILES string of the molecule is CC(=O)N1CCN(c2ccc3c(c2)OC[C@H]2[C@H](CCC(=O)c4ccc(Cl)s4)OC(=O)N32)C(=O)C1. The molecule has 2 atom stereocenters. The molecule has 4 heterocycles. The fourth-order valence-corrected chi connectivity index (χ4v) is 5.52. The summed E-state index contributed by atoms with van der Waals surface area (Å²) >= 11 is 7.15. The van der Waals surface area contributed by atoms with Crippen LogP contribution in [-0.2, 0) is 14.3 Å². The van der Waals surface area contributed by atoms with Crippen molar-refractivity contribution in [1.82, 2.24) is 4.90 Å². The summed E-state index contributed by atoms with van der Waals surface area (Å²) in [6.45, 7) is 2.54. The van der Waals surface area contributed by atoms with Crippen molar-refractivity contribution < 1.29 is 28.7 Å². The van der Waals surface area contributed by atoms with Gasteiger partial charge in [0.25, 0.3) is 0 Å². The van der Waals surface area contributed by atoms with Crippen LogP contribution in [0.15, 0.2) is 30.3 Å². The minimum absolute atomic E-state index is 0.0336. The largest absolute Gasteiger partial charge is 0.489 e. The van der Waals surface area contributed by atoms with E-state index in [2.05, 4.69) is 0 Å². The predicted octanol–water partition coefficient (Wildman–Crippen LogP) is 3.35. The molecule has 34 heavy (non-hydrogen) atoms. The van der Waals surface area contributed by atoms with E-state index in [1.165, 1.54) is 23.2 Å². The Kier molecular flexibility index (Phi) is 5.95. The van der Waals surface area contributed by atoms with Crippen LogP contribution in [0.3, 0.4) is 0 Å². The first-order valence-electron chi connectivity index (χ1n) is 10.9. The van der Waals surface area contributed by atoms with E-state index in [9.17, 15) is 19.2 Å². The molecule has 3 aliphatic heterocycles. The molecule has 0 saturated carbocycles. The lowest BCUT2D eigenvalue weighted by Gasteiger charge is -2.35. The minimum Gasteiger partial charge on any atom is -0.489 e. The van der Waals surface area contributed by atoms with E-state index in [1.54, 1.807) is 40.1 Å². The number of hydrogen-bond acceptors (Lipinski definition) is 7. The van der Waals surface area contributed by atoms with Crippen LogP contribution in [0.4, 0.5) is 16.2 Å². The first kappa shape index (κ1) is 22.7. The fraction of sp³-hybridized carbons (Fsp3) is 0.391. The summed E-state index contributed by atoms with van der Waals surface area (Å²) in [5.41, 5.74) is 1.22. The number of rotatable bonds is 5. The molecule has 0 radical (unpaired) electrons. The van der Waals surface area contributed by atoms with Crippen LogP contribution in [0, 0.1) is 0 Å². The molecule has 178 valence electrons. The van der Waals surface area contributed by atoms with Crippen LogP contribution >= 0.6 is 22.9 Å². The lowest BCUT2D eigenvalue weighted by atomic mass is 10.0. The molecule has 1 aromatic heterocycles. The third-order valence-corrected chi connectivity index (χ3v) is 7.58. The summed E-state index contributed by atoms with van der Waals surface area (Å²) in [6.07, 6.45) is -0.335. The molecule has 0 unspecified atom stereocenters. The van der Waals surface area contributed by atoms with Gasteiger partial charge in [-0.2, -0.15) is 0 Å². The van der Waals surface area contributed by atoms with Crippen LogP contribution in [0.5, 0.6) is 5.75 Å². The summed E-state index contributed by atoms with van der Waals surface area (Å²) in [6, 6.07) is 8.28. The van der Waals surface area contributed by atoms with Crippen molar-refractivity contribution in [2.75, 3.05) is 36.0 Å². The van der Waals surface area contributed by atoms with E-state index in [4.69, 9.17) is 21.1 Å². The Hall–Kier alpha value is -3.11. The van der Waals surface area contributed by atoms with E-state index in [-0.39, 0.29) is 43.2 Å². The molecular weight excluding hydrogens is 482 g/mol. The summed E-state index contributed by atoms with van der Waals surface area (Å²) in [7, 11) is 0. The van der Waals surface area contributed by atoms with Crippen molar-refractivity contribution in [2.45, 2.75) is 31.9 Å². The molecule has 5 rings (SSSR count). The van der Waals surface area contributed by atoms with Gasteiger partial charge in [-0.05, 0) is 30.7 Å². The maximum absolute atomic E-state index is 12.7. The van der Waals surface area contributed by atoms with E-state index >= 15 is 0 Å². The second-order valence-corrected chi connectivity index (χ2v) is 10.1. The van der Waals surface area contributed by atoms with Gasteiger partial charge < -0.3 is 19.3 Å². The summed E-state index contributed by atoms with van der Waals surface area (Å²) in [5.74, 6) is 0.142. The van der Waals surface area contributed by atoms with Gasteiger partial charge in [-0.25, -0.2) is 4.79 Å². The van der Waals surface area contributed by atoms with Crippen LogP contribution in [0.25, 0.3) is 0 Å². The Labute approximate surface area is 204 Å². The van der Waals surface area contributed by atoms with Crippen molar-refractivity contribution in [3.63, 3.8) is 0 Å². The number of anilines is 2. The summed E-state index contributed by atoms with van der Waals surface area (Å²) in [5, 5.41) is 0. The zero-order valence-corrected chi connectivity index (χ0v) is 19.9. The average molecular weight is 504 g/mol. The van der Waals surface area contributed by atoms with Crippen molar-refractivity contribution in [3.8, 4) is 5.75 Å². The number of fused-ring (bicyclic) bond motifs is 3. The molecule has 9 nitrogen and oxygen atoms in total. The molecule has 0 bridgehead atoms. The number of halogens is 1. The fourth-order valence-electron chi connectivity index (χ4n) is 4.51. The molecule has 2 saturated heterocycles. The predicted molar refractivity (Wildman–Crippen MR) is 126 cm³/mol. The van der Waals surface area contributed by atoms with Gasteiger partial charge in [0, 0.05) is 38.2 Å². The van der Waals surface area contributed by atoms with E-state index in [0.717, 1.165) is 0 Å². The lowest BCUT2D eigenvalue weighted by Crippen LogP contribution is -2.52. The minimum atomic E-state index is -0.481. The number of piperazine rings is 1. The first-order valence-corrected chi connectivity index (χ1v) is 12.1. The number of cyclic esters (lactones) is 1. The quantitative estimate of drug-likeness (QED) is 0.580. The molecule has 0 N–H and O–H groups in total. The standard InChI is InChI=1S/C23H22ClN3O6S/c1-13(28)25-8-9-26(22(30)11-25)14-2-3-15-19(10-14)32-12-16-18(33-23(31)27(15)16)5-4-17(29)20-6-7-21(24)34-20/h2-3,6-7,10,16,18H,4-5,8-9,11-12H2,1H3/t16-,18-/m0/s1. The van der Waals surface area contributed by atoms with Crippen LogP contribution in [0.2, 0.25) is 4.34 Å². The highest BCUT2D eigenvalue weighted by molar-refractivity contribution is 7.18. The number of ketones is 1. The zero-order valence-electron chi connectivity index (χ0n) is 18.4. The highest BCUT2D eigenvalue weighted by Crippen LogP contribution is 2.42. The molecule has 1 aromatic carbocycles. The first-order chi connectivity index (χ1) is 16.3. The van der Waals surface area contributed by atoms with Gasteiger partial charge in [0.2, 0.25) is 11.8 Å². The number of nitrogens with zero attached hydrogens (tertiary/aromatic N) is 3. The number of ether oxygens (including phenoxy) is 2. The van der Waals surface area contributed by atoms with Gasteiger partial charge in [-0.3, -0.25) is 19.3 Å². The van der Waals surface area contributed by atoms with Gasteiger partial charge in [0.1, 0.15) is 31.0 Å². The van der Waals surface area contributed by atoms with Gasteiger partial charge >= 0.3 is 6.09 Å². The Morgan fingerprint density at radius 2 is 2.00 bits per heavy atom. The molecule has 11 heteroatoms. The summed E-state index contributed by atoms with van der Waals surface area (Å²) < 4.78 is 12.1. The number of benzene rings is 1. The highest BCUT2D eigenvalue weighted by Gasteiger charge is 2.46. The average Bonchev–Trinajstić information content (AvgIpc) is 3.40. The Balaban J connectivity index is 1.28.